The van der Waals surface area contributed by atoms with Crippen molar-refractivity contribution >= 4 is 23.5 Å². The maximum absolute atomic E-state index is 13.1. The van der Waals surface area contributed by atoms with Crippen molar-refractivity contribution in [3.05, 3.63) is 65.7 Å². The molecule has 1 aliphatic heterocycles. The van der Waals surface area contributed by atoms with Crippen LogP contribution in [0.25, 0.3) is 0 Å². The first kappa shape index (κ1) is 21.4. The Balaban J connectivity index is 1.64. The molecule has 0 radical (unpaired) electrons. The third kappa shape index (κ3) is 5.17. The molecule has 2 aromatic carbocycles. The average molecular weight is 409 g/mol. The number of nitrogens with one attached hydrogen (secondary N) is 1. The van der Waals surface area contributed by atoms with Gasteiger partial charge in [0.1, 0.15) is 0 Å². The zero-order chi connectivity index (χ0) is 21.5. The van der Waals surface area contributed by atoms with E-state index in [1.54, 1.807) is 24.3 Å². The fourth-order valence-electron chi connectivity index (χ4n) is 3.84. The van der Waals surface area contributed by atoms with Gasteiger partial charge in [-0.3, -0.25) is 9.59 Å². The smallest absolute Gasteiger partial charge is 0.316 e. The predicted molar refractivity (Wildman–Crippen MR) is 116 cm³/mol. The third-order valence-electron chi connectivity index (χ3n) is 5.34. The highest BCUT2D eigenvalue weighted by Gasteiger charge is 2.30. The van der Waals surface area contributed by atoms with Gasteiger partial charge >= 0.3 is 6.03 Å². The number of hydrogen-bond acceptors (Lipinski definition) is 3. The Morgan fingerprint density at radius 2 is 1.63 bits per heavy atom. The number of amides is 4. The molecule has 0 unspecified atom stereocenters. The number of nitrogens with zero attached hydrogens (tertiary/aromatic N) is 2. The maximum atomic E-state index is 13.1. The van der Waals surface area contributed by atoms with Crippen molar-refractivity contribution in [2.24, 2.45) is 5.73 Å². The van der Waals surface area contributed by atoms with Crippen LogP contribution in [-0.4, -0.2) is 53.3 Å². The molecule has 0 aromatic heterocycles. The number of likely N-dealkylation sites (tertiary alicyclic amines) is 1. The summed E-state index contributed by atoms with van der Waals surface area (Å²) in [5, 5.41) is 2.49. The van der Waals surface area contributed by atoms with Crippen molar-refractivity contribution < 1.29 is 14.4 Å². The molecule has 3 rings (SSSR count). The highest BCUT2D eigenvalue weighted by atomic mass is 16.2. The summed E-state index contributed by atoms with van der Waals surface area (Å²) in [5.41, 5.74) is 6.94. The van der Waals surface area contributed by atoms with E-state index < -0.39 is 6.03 Å². The lowest BCUT2D eigenvalue weighted by molar-refractivity contribution is 0.0519. The molecule has 0 atom stereocenters. The normalized spacial score (nSPS) is 14.2. The standard InChI is InChI=1S/C23H28N4O3/c1-2-14-27(22(29)18-8-10-19(11-9-18)25-23(24)30)20-12-15-26(16-13-20)21(28)17-6-4-3-5-7-17/h3-11,20H,2,12-16H2,1H3,(H3,24,25,30). The van der Waals surface area contributed by atoms with E-state index in [2.05, 4.69) is 5.32 Å². The molecule has 1 aliphatic rings. The minimum absolute atomic E-state index is 0.0321. The fraction of sp³-hybridized carbons (Fsp3) is 0.348. The average Bonchev–Trinajstić information content (AvgIpc) is 2.77. The molecule has 1 saturated heterocycles. The van der Waals surface area contributed by atoms with Gasteiger partial charge in [0, 0.05) is 42.5 Å². The molecule has 1 heterocycles. The molecule has 7 nitrogen and oxygen atoms in total. The molecular weight excluding hydrogens is 380 g/mol. The van der Waals surface area contributed by atoms with Crippen molar-refractivity contribution in [3.8, 4) is 0 Å². The second-order valence-electron chi connectivity index (χ2n) is 7.45. The maximum Gasteiger partial charge on any atom is 0.316 e. The molecule has 158 valence electrons. The van der Waals surface area contributed by atoms with Crippen molar-refractivity contribution in [3.63, 3.8) is 0 Å². The van der Waals surface area contributed by atoms with Crippen LogP contribution in [0.4, 0.5) is 10.5 Å². The highest BCUT2D eigenvalue weighted by molar-refractivity contribution is 5.96. The number of nitrogens with two attached hydrogens (primary N) is 1. The first-order chi connectivity index (χ1) is 14.5. The summed E-state index contributed by atoms with van der Waals surface area (Å²) >= 11 is 0. The van der Waals surface area contributed by atoms with Crippen LogP contribution in [0.15, 0.2) is 54.6 Å². The predicted octanol–water partition coefficient (Wildman–Crippen LogP) is 3.33. The number of urea groups is 1. The summed E-state index contributed by atoms with van der Waals surface area (Å²) in [6.45, 7) is 3.98. The molecule has 0 bridgehead atoms. The molecule has 4 amide bonds. The first-order valence-corrected chi connectivity index (χ1v) is 10.3. The monoisotopic (exact) mass is 408 g/mol. The Hall–Kier alpha value is -3.35. The number of carbonyl (C=O) groups excluding carboxylic acids is 3. The summed E-state index contributed by atoms with van der Waals surface area (Å²) in [6.07, 6.45) is 2.37. The van der Waals surface area contributed by atoms with Gasteiger partial charge in [-0.1, -0.05) is 25.1 Å². The number of anilines is 1. The molecule has 1 fully saturated rings. The molecule has 0 spiro atoms. The van der Waals surface area contributed by atoms with Crippen molar-refractivity contribution in [1.82, 2.24) is 9.80 Å². The lowest BCUT2D eigenvalue weighted by Gasteiger charge is -2.38. The van der Waals surface area contributed by atoms with Gasteiger partial charge in [-0.25, -0.2) is 4.79 Å². The van der Waals surface area contributed by atoms with E-state index in [1.807, 2.05) is 47.1 Å². The van der Waals surface area contributed by atoms with E-state index in [0.29, 0.717) is 36.4 Å². The van der Waals surface area contributed by atoms with Crippen LogP contribution in [-0.2, 0) is 0 Å². The minimum Gasteiger partial charge on any atom is -0.351 e. The van der Waals surface area contributed by atoms with Gasteiger partial charge < -0.3 is 20.9 Å². The van der Waals surface area contributed by atoms with Gasteiger partial charge in [0.2, 0.25) is 0 Å². The number of benzene rings is 2. The quantitative estimate of drug-likeness (QED) is 0.767. The van der Waals surface area contributed by atoms with Crippen LogP contribution < -0.4 is 11.1 Å². The summed E-state index contributed by atoms with van der Waals surface area (Å²) in [4.78, 5) is 40.6. The van der Waals surface area contributed by atoms with Crippen LogP contribution in [0.5, 0.6) is 0 Å². The molecule has 2 aromatic rings. The SMILES string of the molecule is CCCN(C(=O)c1ccc(NC(N)=O)cc1)C1CCN(C(=O)c2ccccc2)CC1. The van der Waals surface area contributed by atoms with Crippen molar-refractivity contribution in [2.45, 2.75) is 32.2 Å². The number of rotatable bonds is 6. The number of carbonyl (C=O) groups is 3. The van der Waals surface area contributed by atoms with E-state index in [0.717, 1.165) is 19.3 Å². The van der Waals surface area contributed by atoms with Gasteiger partial charge in [0.15, 0.2) is 0 Å². The van der Waals surface area contributed by atoms with E-state index in [9.17, 15) is 14.4 Å². The van der Waals surface area contributed by atoms with Crippen LogP contribution in [0.2, 0.25) is 0 Å². The highest BCUT2D eigenvalue weighted by Crippen LogP contribution is 2.22. The largest absolute Gasteiger partial charge is 0.351 e. The zero-order valence-corrected chi connectivity index (χ0v) is 17.2. The summed E-state index contributed by atoms with van der Waals surface area (Å²) < 4.78 is 0. The Kier molecular flexibility index (Phi) is 7.06. The third-order valence-corrected chi connectivity index (χ3v) is 5.34. The second-order valence-corrected chi connectivity index (χ2v) is 7.45. The van der Waals surface area contributed by atoms with Crippen LogP contribution >= 0.6 is 0 Å². The van der Waals surface area contributed by atoms with Crippen molar-refractivity contribution in [1.29, 1.82) is 0 Å². The van der Waals surface area contributed by atoms with E-state index in [-0.39, 0.29) is 17.9 Å². The van der Waals surface area contributed by atoms with Crippen LogP contribution in [0, 0.1) is 0 Å². The van der Waals surface area contributed by atoms with Gasteiger partial charge in [0.05, 0.1) is 0 Å². The molecule has 7 heteroatoms. The molecule has 0 aliphatic carbocycles. The first-order valence-electron chi connectivity index (χ1n) is 10.3. The van der Waals surface area contributed by atoms with Gasteiger partial charge in [-0.15, -0.1) is 0 Å². The summed E-state index contributed by atoms with van der Waals surface area (Å²) in [7, 11) is 0. The van der Waals surface area contributed by atoms with Crippen LogP contribution in [0.1, 0.15) is 46.9 Å². The van der Waals surface area contributed by atoms with E-state index in [1.165, 1.54) is 0 Å². The van der Waals surface area contributed by atoms with E-state index in [4.69, 9.17) is 5.73 Å². The number of hydrogen-bond donors (Lipinski definition) is 2. The second kappa shape index (κ2) is 9.91. The molecular formula is C23H28N4O3. The number of piperidine rings is 1. The molecule has 30 heavy (non-hydrogen) atoms. The van der Waals surface area contributed by atoms with Gasteiger partial charge in [-0.05, 0) is 55.7 Å². The Morgan fingerprint density at radius 3 is 2.20 bits per heavy atom. The Bertz CT molecular complexity index is 875. The van der Waals surface area contributed by atoms with Gasteiger partial charge in [-0.2, -0.15) is 0 Å². The lowest BCUT2D eigenvalue weighted by Crippen LogP contribution is -2.49. The van der Waals surface area contributed by atoms with Gasteiger partial charge in [0.25, 0.3) is 11.8 Å². The zero-order valence-electron chi connectivity index (χ0n) is 17.2. The molecule has 0 saturated carbocycles. The fourth-order valence-corrected chi connectivity index (χ4v) is 3.84. The van der Waals surface area contributed by atoms with Crippen molar-refractivity contribution in [2.75, 3.05) is 25.0 Å². The summed E-state index contributed by atoms with van der Waals surface area (Å²) in [5.74, 6) is 0.00951. The Morgan fingerprint density at radius 1 is 1.00 bits per heavy atom. The lowest BCUT2D eigenvalue weighted by atomic mass is 10.0. The van der Waals surface area contributed by atoms with Crippen LogP contribution in [0.3, 0.4) is 0 Å². The Labute approximate surface area is 176 Å². The topological polar surface area (TPSA) is 95.7 Å². The summed E-state index contributed by atoms with van der Waals surface area (Å²) in [6, 6.07) is 15.5. The van der Waals surface area contributed by atoms with E-state index >= 15 is 0 Å². The number of primary amides is 1. The minimum atomic E-state index is -0.640. The molecule has 3 N–H and O–H groups in total.